The lowest BCUT2D eigenvalue weighted by Gasteiger charge is -2.21. The number of pyridine rings is 1. The zero-order chi connectivity index (χ0) is 25.4. The first kappa shape index (κ1) is 24.2. The van der Waals surface area contributed by atoms with Crippen LogP contribution >= 0.6 is 0 Å². The highest BCUT2D eigenvalue weighted by Crippen LogP contribution is 2.40. The molecule has 2 aromatic carbocycles. The molecule has 4 aromatic rings. The average molecular weight is 493 g/mol. The number of aromatic nitrogens is 3. The maximum atomic E-state index is 14.3. The molecule has 2 heterocycles. The van der Waals surface area contributed by atoms with Crippen molar-refractivity contribution >= 4 is 16.8 Å². The van der Waals surface area contributed by atoms with E-state index in [1.165, 1.54) is 30.6 Å². The van der Waals surface area contributed by atoms with Crippen molar-refractivity contribution in [3.63, 3.8) is 0 Å². The molecule has 4 nitrogen and oxygen atoms in total. The van der Waals surface area contributed by atoms with Gasteiger partial charge in [0.2, 0.25) is 0 Å². The van der Waals surface area contributed by atoms with Gasteiger partial charge in [-0.2, -0.15) is 26.3 Å². The van der Waals surface area contributed by atoms with E-state index in [1.807, 2.05) is 0 Å². The van der Waals surface area contributed by atoms with Crippen LogP contribution in [0.3, 0.4) is 0 Å². The van der Waals surface area contributed by atoms with Gasteiger partial charge >= 0.3 is 12.4 Å². The molecule has 0 unspecified atom stereocenters. The second-order valence-corrected chi connectivity index (χ2v) is 7.61. The summed E-state index contributed by atoms with van der Waals surface area (Å²) in [4.78, 5) is 25.0. The Labute approximate surface area is 193 Å². The van der Waals surface area contributed by atoms with Gasteiger partial charge in [-0.1, -0.05) is 6.07 Å². The zero-order valence-electron chi connectivity index (χ0n) is 17.5. The molecule has 0 spiro atoms. The van der Waals surface area contributed by atoms with Crippen LogP contribution in [0.25, 0.3) is 11.0 Å². The smallest absolute Gasteiger partial charge is 0.294 e. The Kier molecular flexibility index (Phi) is 6.27. The molecule has 0 aliphatic rings. The normalized spacial score (nSPS) is 13.1. The van der Waals surface area contributed by atoms with Gasteiger partial charge in [-0.05, 0) is 48.0 Å². The van der Waals surface area contributed by atoms with Crippen molar-refractivity contribution in [2.24, 2.45) is 0 Å². The Hall–Kier alpha value is -3.89. The van der Waals surface area contributed by atoms with Crippen LogP contribution in [-0.2, 0) is 12.4 Å². The number of carbonyl (C=O) groups excluding carboxylic acids is 1. The van der Waals surface area contributed by atoms with E-state index in [0.717, 1.165) is 24.4 Å². The fraction of sp³-hybridized carbons (Fsp3) is 0.167. The summed E-state index contributed by atoms with van der Waals surface area (Å²) >= 11 is 0. The first-order valence-electron chi connectivity index (χ1n) is 10.1. The molecule has 0 amide bonds. The van der Waals surface area contributed by atoms with E-state index < -0.39 is 53.1 Å². The predicted octanol–water partition coefficient (Wildman–Crippen LogP) is 6.61. The maximum absolute atomic E-state index is 14.3. The number of carbonyl (C=O) groups is 1. The van der Waals surface area contributed by atoms with Gasteiger partial charge in [-0.15, -0.1) is 0 Å². The number of benzene rings is 2. The van der Waals surface area contributed by atoms with E-state index in [1.54, 1.807) is 0 Å². The van der Waals surface area contributed by atoms with Crippen molar-refractivity contribution in [2.75, 3.05) is 0 Å². The van der Waals surface area contributed by atoms with Gasteiger partial charge in [0.25, 0.3) is 0 Å². The van der Waals surface area contributed by atoms with Gasteiger partial charge in [-0.25, -0.2) is 4.39 Å². The number of alkyl halides is 6. The lowest BCUT2D eigenvalue weighted by molar-refractivity contribution is -0.140. The standard InChI is InChI=1S/C24H14F7N3O/c25-18-10-13(3-5-16(18)23(26,27)28)15(22-17(24(29,30)31)2-1-7-34-22)12-21(35)14-4-6-19-20(11-14)33-9-8-32-19/h1-11,15H,12H2/t15-/m0/s1. The van der Waals surface area contributed by atoms with Gasteiger partial charge in [-0.3, -0.25) is 19.7 Å². The first-order valence-corrected chi connectivity index (χ1v) is 10.1. The lowest BCUT2D eigenvalue weighted by Crippen LogP contribution is -2.18. The first-order chi connectivity index (χ1) is 16.4. The molecule has 4 rings (SSSR count). The molecule has 0 saturated carbocycles. The Morgan fingerprint density at radius 2 is 1.46 bits per heavy atom. The number of nitrogens with zero attached hydrogens (tertiary/aromatic N) is 3. The minimum atomic E-state index is -5.00. The van der Waals surface area contributed by atoms with Gasteiger partial charge in [0.15, 0.2) is 5.78 Å². The van der Waals surface area contributed by atoms with Crippen LogP contribution in [0.15, 0.2) is 67.1 Å². The van der Waals surface area contributed by atoms with Crippen LogP contribution in [0.4, 0.5) is 30.7 Å². The summed E-state index contributed by atoms with van der Waals surface area (Å²) in [5, 5.41) is 0. The molecule has 0 bridgehead atoms. The van der Waals surface area contributed by atoms with Crippen molar-refractivity contribution < 1.29 is 35.5 Å². The number of hydrogen-bond donors (Lipinski definition) is 0. The van der Waals surface area contributed by atoms with E-state index in [9.17, 15) is 35.5 Å². The maximum Gasteiger partial charge on any atom is 0.419 e. The Morgan fingerprint density at radius 3 is 2.11 bits per heavy atom. The summed E-state index contributed by atoms with van der Waals surface area (Å²) in [5.41, 5.74) is -2.67. The van der Waals surface area contributed by atoms with Gasteiger partial charge < -0.3 is 0 Å². The van der Waals surface area contributed by atoms with E-state index in [2.05, 4.69) is 15.0 Å². The van der Waals surface area contributed by atoms with Crippen molar-refractivity contribution in [2.45, 2.75) is 24.7 Å². The summed E-state index contributed by atoms with van der Waals surface area (Å²) in [6, 6.07) is 7.87. The van der Waals surface area contributed by atoms with Crippen molar-refractivity contribution in [3.8, 4) is 0 Å². The molecule has 0 fully saturated rings. The third-order valence-electron chi connectivity index (χ3n) is 5.36. The Morgan fingerprint density at radius 1 is 0.771 bits per heavy atom. The third-order valence-corrected chi connectivity index (χ3v) is 5.36. The highest BCUT2D eigenvalue weighted by Gasteiger charge is 2.38. The molecular formula is C24H14F7N3O. The predicted molar refractivity (Wildman–Crippen MR) is 111 cm³/mol. The highest BCUT2D eigenvalue weighted by atomic mass is 19.4. The number of hydrogen-bond acceptors (Lipinski definition) is 4. The molecule has 0 N–H and O–H groups in total. The highest BCUT2D eigenvalue weighted by molar-refractivity contribution is 5.99. The van der Waals surface area contributed by atoms with E-state index in [0.29, 0.717) is 23.2 Å². The molecular weight excluding hydrogens is 479 g/mol. The Balaban J connectivity index is 1.81. The summed E-state index contributed by atoms with van der Waals surface area (Å²) < 4.78 is 94.5. The van der Waals surface area contributed by atoms with Gasteiger partial charge in [0.05, 0.1) is 27.9 Å². The van der Waals surface area contributed by atoms with Crippen LogP contribution in [0, 0.1) is 5.82 Å². The van der Waals surface area contributed by atoms with Crippen molar-refractivity contribution in [1.82, 2.24) is 15.0 Å². The van der Waals surface area contributed by atoms with Crippen LogP contribution in [-0.4, -0.2) is 20.7 Å². The van der Waals surface area contributed by atoms with Crippen LogP contribution in [0.1, 0.15) is 45.1 Å². The largest absolute Gasteiger partial charge is 0.419 e. The minimum Gasteiger partial charge on any atom is -0.294 e. The summed E-state index contributed by atoms with van der Waals surface area (Å²) in [5.74, 6) is -3.78. The molecule has 0 aliphatic carbocycles. The van der Waals surface area contributed by atoms with Crippen LogP contribution in [0.5, 0.6) is 0 Å². The number of fused-ring (bicyclic) bond motifs is 1. The van der Waals surface area contributed by atoms with Gasteiger partial charge in [0, 0.05) is 36.5 Å². The monoisotopic (exact) mass is 493 g/mol. The van der Waals surface area contributed by atoms with Crippen molar-refractivity contribution in [1.29, 1.82) is 0 Å². The Bertz CT molecular complexity index is 1400. The molecule has 0 aliphatic heterocycles. The second kappa shape index (κ2) is 9.05. The molecule has 2 aromatic heterocycles. The third kappa shape index (κ3) is 5.13. The molecule has 35 heavy (non-hydrogen) atoms. The van der Waals surface area contributed by atoms with Crippen molar-refractivity contribution in [3.05, 3.63) is 101 Å². The van der Waals surface area contributed by atoms with E-state index in [4.69, 9.17) is 0 Å². The van der Waals surface area contributed by atoms with E-state index >= 15 is 0 Å². The topological polar surface area (TPSA) is 55.7 Å². The number of ketones is 1. The fourth-order valence-corrected chi connectivity index (χ4v) is 3.73. The SMILES string of the molecule is O=C(C[C@@H](c1ccc(C(F)(F)F)c(F)c1)c1ncccc1C(F)(F)F)c1ccc2nccnc2c1. The summed E-state index contributed by atoms with van der Waals surface area (Å²) in [6.45, 7) is 0. The molecule has 1 atom stereocenters. The lowest BCUT2D eigenvalue weighted by atomic mass is 9.86. The molecule has 11 heteroatoms. The van der Waals surface area contributed by atoms with Gasteiger partial charge in [0.1, 0.15) is 5.82 Å². The minimum absolute atomic E-state index is 0.0971. The van der Waals surface area contributed by atoms with Crippen LogP contribution < -0.4 is 0 Å². The summed E-state index contributed by atoms with van der Waals surface area (Å²) in [6.07, 6.45) is -6.58. The molecule has 0 saturated heterocycles. The molecule has 180 valence electrons. The van der Waals surface area contributed by atoms with Crippen LogP contribution in [0.2, 0.25) is 0 Å². The average Bonchev–Trinajstić information content (AvgIpc) is 2.80. The number of rotatable bonds is 5. The quantitative estimate of drug-likeness (QED) is 0.232. The summed E-state index contributed by atoms with van der Waals surface area (Å²) in [7, 11) is 0. The fourth-order valence-electron chi connectivity index (χ4n) is 3.73. The molecule has 0 radical (unpaired) electrons. The van der Waals surface area contributed by atoms with E-state index in [-0.39, 0.29) is 11.1 Å². The second-order valence-electron chi connectivity index (χ2n) is 7.61. The number of halogens is 7. The number of Topliss-reactive ketones (excluding diaryl/α,β-unsaturated/α-hetero) is 1. The zero-order valence-corrected chi connectivity index (χ0v) is 17.5.